The summed E-state index contributed by atoms with van der Waals surface area (Å²) in [6.45, 7) is 23.7. The van der Waals surface area contributed by atoms with E-state index in [-0.39, 0.29) is 0 Å². The Labute approximate surface area is 168 Å². The first kappa shape index (κ1) is 30.1. The molecule has 0 bridgehead atoms. The standard InChI is InChI=1S/C9H16.C7H14.C5H11N.2C2H6/c1-3-9-7-5-4-6-8(9)2;1-3-6-5-7(6)4-2;1-3-4-5-6-2;2*1-2/h4-5,8-9H,3,6-7H2,1-2H3;6-7H,3-5H2,1-2H3;2-5H2,1H3;2*1-2H3. The van der Waals surface area contributed by atoms with Crippen molar-refractivity contribution < 1.29 is 0 Å². The summed E-state index contributed by atoms with van der Waals surface area (Å²) in [5.74, 6) is 4.13. The Morgan fingerprint density at radius 1 is 0.808 bits per heavy atom. The molecule has 2 aliphatic rings. The second-order valence-electron chi connectivity index (χ2n) is 6.96. The lowest BCUT2D eigenvalue weighted by Crippen LogP contribution is -2.11. The fourth-order valence-corrected chi connectivity index (χ4v) is 3.16. The van der Waals surface area contributed by atoms with Gasteiger partial charge in [-0.05, 0) is 56.1 Å². The topological polar surface area (TPSA) is 12.4 Å². The van der Waals surface area contributed by atoms with Gasteiger partial charge in [0.2, 0.25) is 0 Å². The van der Waals surface area contributed by atoms with Crippen molar-refractivity contribution in [1.29, 1.82) is 0 Å². The number of rotatable bonds is 6. The number of hydrogen-bond acceptors (Lipinski definition) is 1. The van der Waals surface area contributed by atoms with Crippen molar-refractivity contribution in [1.82, 2.24) is 0 Å². The minimum Gasteiger partial charge on any atom is -0.301 e. The summed E-state index contributed by atoms with van der Waals surface area (Å²) in [6, 6.07) is 0. The maximum Gasteiger partial charge on any atom is 0.0382 e. The van der Waals surface area contributed by atoms with Gasteiger partial charge in [-0.3, -0.25) is 0 Å². The first-order valence-corrected chi connectivity index (χ1v) is 11.7. The van der Waals surface area contributed by atoms with E-state index in [2.05, 4.69) is 58.5 Å². The Morgan fingerprint density at radius 2 is 1.27 bits per heavy atom. The summed E-state index contributed by atoms with van der Waals surface area (Å²) in [5.41, 5.74) is 0. The highest BCUT2D eigenvalue weighted by Gasteiger charge is 2.32. The molecule has 158 valence electrons. The molecule has 0 aromatic carbocycles. The molecule has 2 rings (SSSR count). The van der Waals surface area contributed by atoms with E-state index in [1.54, 1.807) is 0 Å². The monoisotopic (exact) mass is 367 g/mol. The van der Waals surface area contributed by atoms with Gasteiger partial charge in [0.15, 0.2) is 0 Å². The molecule has 0 aromatic rings. The molecule has 1 nitrogen and oxygen atoms in total. The number of unbranched alkanes of at least 4 members (excludes halogenated alkanes) is 1. The fourth-order valence-electron chi connectivity index (χ4n) is 3.16. The lowest BCUT2D eigenvalue weighted by atomic mass is 9.83. The van der Waals surface area contributed by atoms with E-state index in [4.69, 9.17) is 0 Å². The lowest BCUT2D eigenvalue weighted by molar-refractivity contribution is 0.339. The van der Waals surface area contributed by atoms with Crippen LogP contribution in [0, 0.1) is 23.7 Å². The zero-order valence-electron chi connectivity index (χ0n) is 20.0. The average molecular weight is 368 g/mol. The second-order valence-corrected chi connectivity index (χ2v) is 6.96. The van der Waals surface area contributed by atoms with Crippen LogP contribution in [0.1, 0.15) is 114 Å². The number of allylic oxidation sites excluding steroid dienone is 2. The smallest absolute Gasteiger partial charge is 0.0382 e. The van der Waals surface area contributed by atoms with E-state index >= 15 is 0 Å². The maximum atomic E-state index is 3.68. The quantitative estimate of drug-likeness (QED) is 0.252. The van der Waals surface area contributed by atoms with E-state index in [9.17, 15) is 0 Å². The SMILES string of the molecule is C=NCCCC.CC.CC.CCC1CC1CC.CCC1CC=CCC1C. The predicted octanol–water partition coefficient (Wildman–Crippen LogP) is 8.98. The largest absolute Gasteiger partial charge is 0.301 e. The minimum absolute atomic E-state index is 0.927. The van der Waals surface area contributed by atoms with Gasteiger partial charge >= 0.3 is 0 Å². The van der Waals surface area contributed by atoms with Crippen molar-refractivity contribution in [3.63, 3.8) is 0 Å². The molecule has 1 fully saturated rings. The van der Waals surface area contributed by atoms with Crippen molar-refractivity contribution in [3.05, 3.63) is 12.2 Å². The van der Waals surface area contributed by atoms with Gasteiger partial charge in [-0.1, -0.05) is 100 Å². The van der Waals surface area contributed by atoms with Crippen LogP contribution in [0.25, 0.3) is 0 Å². The second kappa shape index (κ2) is 24.4. The molecule has 0 aromatic heterocycles. The molecule has 4 atom stereocenters. The number of nitrogens with zero attached hydrogens (tertiary/aromatic N) is 1. The Bertz CT molecular complexity index is 274. The molecule has 0 heterocycles. The molecule has 0 N–H and O–H groups in total. The molecule has 4 unspecified atom stereocenters. The van der Waals surface area contributed by atoms with Gasteiger partial charge in [-0.15, -0.1) is 0 Å². The average Bonchev–Trinajstić information content (AvgIpc) is 3.50. The normalized spacial score (nSPS) is 24.8. The highest BCUT2D eigenvalue weighted by molar-refractivity contribution is 5.22. The maximum absolute atomic E-state index is 3.68. The van der Waals surface area contributed by atoms with Crippen molar-refractivity contribution in [2.45, 2.75) is 114 Å². The summed E-state index contributed by atoms with van der Waals surface area (Å²) in [5, 5.41) is 0. The first-order chi connectivity index (χ1) is 12.6. The summed E-state index contributed by atoms with van der Waals surface area (Å²) in [4.78, 5) is 3.68. The van der Waals surface area contributed by atoms with Crippen LogP contribution >= 0.6 is 0 Å². The van der Waals surface area contributed by atoms with Gasteiger partial charge in [0.05, 0.1) is 0 Å². The van der Waals surface area contributed by atoms with Gasteiger partial charge in [0.1, 0.15) is 0 Å². The molecule has 0 radical (unpaired) electrons. The molecule has 26 heavy (non-hydrogen) atoms. The third kappa shape index (κ3) is 18.2. The Kier molecular flexibility index (Phi) is 28.3. The van der Waals surface area contributed by atoms with E-state index in [1.165, 1.54) is 51.4 Å². The van der Waals surface area contributed by atoms with Crippen molar-refractivity contribution in [3.8, 4) is 0 Å². The van der Waals surface area contributed by atoms with E-state index < -0.39 is 0 Å². The van der Waals surface area contributed by atoms with Crippen LogP contribution in [-0.4, -0.2) is 13.3 Å². The van der Waals surface area contributed by atoms with Crippen LogP contribution in [0.2, 0.25) is 0 Å². The molecule has 1 saturated carbocycles. The van der Waals surface area contributed by atoms with Crippen LogP contribution in [0.15, 0.2) is 17.1 Å². The van der Waals surface area contributed by atoms with Gasteiger partial charge < -0.3 is 4.99 Å². The van der Waals surface area contributed by atoms with Gasteiger partial charge in [0, 0.05) is 6.54 Å². The predicted molar refractivity (Wildman–Crippen MR) is 126 cm³/mol. The van der Waals surface area contributed by atoms with Crippen molar-refractivity contribution in [2.75, 3.05) is 6.54 Å². The van der Waals surface area contributed by atoms with Crippen LogP contribution in [-0.2, 0) is 0 Å². The Balaban J connectivity index is -0.000000283. The molecule has 0 amide bonds. The molecular weight excluding hydrogens is 314 g/mol. The van der Waals surface area contributed by atoms with Crippen LogP contribution < -0.4 is 0 Å². The van der Waals surface area contributed by atoms with Crippen LogP contribution in [0.3, 0.4) is 0 Å². The van der Waals surface area contributed by atoms with Gasteiger partial charge in [-0.2, -0.15) is 0 Å². The molecule has 0 aliphatic heterocycles. The number of hydrogen-bond donors (Lipinski definition) is 0. The Hall–Kier alpha value is -0.590. The molecule has 2 aliphatic carbocycles. The van der Waals surface area contributed by atoms with E-state index in [1.807, 2.05) is 27.7 Å². The van der Waals surface area contributed by atoms with E-state index in [0.717, 1.165) is 30.2 Å². The molecule has 0 spiro atoms. The zero-order valence-corrected chi connectivity index (χ0v) is 20.0. The highest BCUT2D eigenvalue weighted by Crippen LogP contribution is 2.42. The zero-order chi connectivity index (χ0) is 20.8. The third-order valence-corrected chi connectivity index (χ3v) is 5.23. The van der Waals surface area contributed by atoms with E-state index in [0.29, 0.717) is 0 Å². The lowest BCUT2D eigenvalue weighted by Gasteiger charge is -2.23. The summed E-state index contributed by atoms with van der Waals surface area (Å²) in [6.07, 6.45) is 15.4. The highest BCUT2D eigenvalue weighted by atomic mass is 14.7. The summed E-state index contributed by atoms with van der Waals surface area (Å²) >= 11 is 0. The molecular formula is C25H53N. The molecule has 0 saturated heterocycles. The first-order valence-electron chi connectivity index (χ1n) is 11.7. The van der Waals surface area contributed by atoms with Crippen LogP contribution in [0.5, 0.6) is 0 Å². The van der Waals surface area contributed by atoms with Crippen molar-refractivity contribution in [2.24, 2.45) is 28.7 Å². The minimum atomic E-state index is 0.927. The van der Waals surface area contributed by atoms with Crippen molar-refractivity contribution >= 4 is 6.72 Å². The molecule has 1 heteroatoms. The van der Waals surface area contributed by atoms with Gasteiger partial charge in [-0.25, -0.2) is 0 Å². The Morgan fingerprint density at radius 3 is 1.50 bits per heavy atom. The third-order valence-electron chi connectivity index (χ3n) is 5.23. The van der Waals surface area contributed by atoms with Crippen LogP contribution in [0.4, 0.5) is 0 Å². The summed E-state index contributed by atoms with van der Waals surface area (Å²) in [7, 11) is 0. The number of aliphatic imine (C=N–C) groups is 1. The summed E-state index contributed by atoms with van der Waals surface area (Å²) < 4.78 is 0. The van der Waals surface area contributed by atoms with Gasteiger partial charge in [0.25, 0.3) is 0 Å². The fraction of sp³-hybridized carbons (Fsp3) is 0.880.